The lowest BCUT2D eigenvalue weighted by atomic mass is 9.89. The van der Waals surface area contributed by atoms with Gasteiger partial charge in [-0.05, 0) is 50.5 Å². The first-order chi connectivity index (χ1) is 8.57. The fraction of sp³-hybridized carbons (Fsp3) is 0.571. The Hall–Kier alpha value is -1.16. The highest BCUT2D eigenvalue weighted by Crippen LogP contribution is 2.32. The van der Waals surface area contributed by atoms with Crippen molar-refractivity contribution < 1.29 is 0 Å². The summed E-state index contributed by atoms with van der Waals surface area (Å²) < 4.78 is 3.01. The zero-order valence-electron chi connectivity index (χ0n) is 11.6. The maximum absolute atomic E-state index is 5.51. The van der Waals surface area contributed by atoms with Gasteiger partial charge in [-0.2, -0.15) is 0 Å². The number of aryl methyl sites for hydroxylation is 1. The third kappa shape index (κ3) is 1.88. The lowest BCUT2D eigenvalue weighted by Gasteiger charge is -2.32. The monoisotopic (exact) mass is 263 g/mol. The van der Waals surface area contributed by atoms with E-state index in [0.717, 1.165) is 40.9 Å². The molecular formula is C14H21N3S. The average Bonchev–Trinajstić information content (AvgIpc) is 2.69. The van der Waals surface area contributed by atoms with Crippen LogP contribution >= 0.6 is 12.2 Å². The van der Waals surface area contributed by atoms with E-state index < -0.39 is 0 Å². The Morgan fingerprint density at radius 3 is 2.39 bits per heavy atom. The molecule has 1 N–H and O–H groups in total. The van der Waals surface area contributed by atoms with Gasteiger partial charge in [0.2, 0.25) is 0 Å². The van der Waals surface area contributed by atoms with Gasteiger partial charge in [-0.3, -0.25) is 4.57 Å². The summed E-state index contributed by atoms with van der Waals surface area (Å²) in [6.07, 6.45) is 3.20. The van der Waals surface area contributed by atoms with E-state index in [1.165, 1.54) is 0 Å². The number of aromatic nitrogens is 3. The molecule has 2 rings (SSSR count). The van der Waals surface area contributed by atoms with Gasteiger partial charge in [-0.15, -0.1) is 0 Å². The van der Waals surface area contributed by atoms with Gasteiger partial charge in [0.1, 0.15) is 0 Å². The number of nitrogens with zero attached hydrogens (tertiary/aromatic N) is 2. The van der Waals surface area contributed by atoms with Gasteiger partial charge >= 0.3 is 0 Å². The molecule has 0 radical (unpaired) electrons. The van der Waals surface area contributed by atoms with Crippen LogP contribution < -0.4 is 0 Å². The first kappa shape index (κ1) is 13.3. The smallest absolute Gasteiger partial charge is 0.179 e. The molecule has 3 nitrogen and oxygen atoms in total. The van der Waals surface area contributed by atoms with Crippen LogP contribution in [0.2, 0.25) is 0 Å². The first-order valence-corrected chi connectivity index (χ1v) is 7.07. The van der Waals surface area contributed by atoms with Crippen molar-refractivity contribution in [1.82, 2.24) is 14.5 Å². The molecule has 0 aliphatic heterocycles. The second kappa shape index (κ2) is 4.84. The molecule has 0 spiro atoms. The van der Waals surface area contributed by atoms with Gasteiger partial charge in [0.15, 0.2) is 10.4 Å². The van der Waals surface area contributed by atoms with E-state index in [2.05, 4.69) is 41.4 Å². The lowest BCUT2D eigenvalue weighted by Crippen LogP contribution is -2.31. The average molecular weight is 263 g/mol. The Labute approximate surface area is 113 Å². The van der Waals surface area contributed by atoms with Gasteiger partial charge < -0.3 is 4.98 Å². The number of hydrogen-bond donors (Lipinski definition) is 1. The number of aromatic amines is 1. The van der Waals surface area contributed by atoms with Crippen LogP contribution in [0.1, 0.15) is 45.7 Å². The fourth-order valence-electron chi connectivity index (χ4n) is 2.74. The van der Waals surface area contributed by atoms with Crippen LogP contribution in [-0.4, -0.2) is 14.5 Å². The summed E-state index contributed by atoms with van der Waals surface area (Å²) in [7, 11) is 0. The molecule has 0 amide bonds. The van der Waals surface area contributed by atoms with Crippen LogP contribution in [-0.2, 0) is 5.54 Å². The number of nitrogens with one attached hydrogen (secondary N) is 1. The molecule has 2 aromatic rings. The third-order valence-electron chi connectivity index (χ3n) is 4.12. The normalized spacial score (nSPS) is 12.2. The number of pyridine rings is 1. The highest BCUT2D eigenvalue weighted by Gasteiger charge is 2.29. The number of fused-ring (bicyclic) bond motifs is 1. The van der Waals surface area contributed by atoms with Crippen LogP contribution in [0.15, 0.2) is 12.1 Å². The summed E-state index contributed by atoms with van der Waals surface area (Å²) in [5.74, 6) is 0. The van der Waals surface area contributed by atoms with Gasteiger partial charge in [0, 0.05) is 11.2 Å². The Bertz CT molecular complexity index is 597. The van der Waals surface area contributed by atoms with E-state index >= 15 is 0 Å². The molecule has 0 aliphatic rings. The summed E-state index contributed by atoms with van der Waals surface area (Å²) >= 11 is 5.51. The summed E-state index contributed by atoms with van der Waals surface area (Å²) in [6.45, 7) is 8.70. The molecule has 2 aromatic heterocycles. The molecular weight excluding hydrogens is 242 g/mol. The van der Waals surface area contributed by atoms with E-state index in [1.807, 2.05) is 13.0 Å². The maximum atomic E-state index is 5.51. The van der Waals surface area contributed by atoms with Crippen molar-refractivity contribution in [2.75, 3.05) is 0 Å². The molecule has 0 fully saturated rings. The summed E-state index contributed by atoms with van der Waals surface area (Å²) in [6, 6.07) is 4.08. The number of imidazole rings is 1. The highest BCUT2D eigenvalue weighted by atomic mass is 32.1. The maximum Gasteiger partial charge on any atom is 0.179 e. The third-order valence-corrected chi connectivity index (χ3v) is 4.40. The van der Waals surface area contributed by atoms with Gasteiger partial charge in [-0.1, -0.05) is 20.8 Å². The molecule has 4 heteroatoms. The summed E-state index contributed by atoms with van der Waals surface area (Å²) in [5, 5.41) is 0. The minimum Gasteiger partial charge on any atom is -0.329 e. The standard InChI is InChI=1S/C14H21N3S/c1-5-14(6-2,7-3)17-12-11(16-13(17)18)9-8-10(4)15-12/h8-9H,5-7H2,1-4H3,(H,16,18). The van der Waals surface area contributed by atoms with Gasteiger partial charge in [-0.25, -0.2) is 4.98 Å². The van der Waals surface area contributed by atoms with Crippen LogP contribution in [0.4, 0.5) is 0 Å². The molecule has 0 aromatic carbocycles. The number of hydrogen-bond acceptors (Lipinski definition) is 2. The Balaban J connectivity index is 2.80. The van der Waals surface area contributed by atoms with Crippen molar-refractivity contribution in [3.63, 3.8) is 0 Å². The molecule has 0 unspecified atom stereocenters. The predicted molar refractivity (Wildman–Crippen MR) is 78.5 cm³/mol. The number of H-pyrrole nitrogens is 1. The summed E-state index contributed by atoms with van der Waals surface area (Å²) in [4.78, 5) is 7.95. The molecule has 18 heavy (non-hydrogen) atoms. The van der Waals surface area contributed by atoms with Crippen LogP contribution in [0.25, 0.3) is 11.2 Å². The van der Waals surface area contributed by atoms with E-state index in [0.29, 0.717) is 0 Å². The summed E-state index contributed by atoms with van der Waals surface area (Å²) in [5.41, 5.74) is 3.13. The fourth-order valence-corrected chi connectivity index (χ4v) is 3.13. The molecule has 0 saturated heterocycles. The molecule has 0 aliphatic carbocycles. The lowest BCUT2D eigenvalue weighted by molar-refractivity contribution is 0.254. The van der Waals surface area contributed by atoms with Crippen molar-refractivity contribution in [3.8, 4) is 0 Å². The zero-order valence-corrected chi connectivity index (χ0v) is 12.4. The molecule has 2 heterocycles. The Kier molecular flexibility index (Phi) is 3.57. The van der Waals surface area contributed by atoms with E-state index in [1.54, 1.807) is 0 Å². The second-order valence-corrected chi connectivity index (χ2v) is 5.26. The van der Waals surface area contributed by atoms with Crippen molar-refractivity contribution in [1.29, 1.82) is 0 Å². The molecule has 0 saturated carbocycles. The van der Waals surface area contributed by atoms with Gasteiger partial charge in [0.05, 0.1) is 5.52 Å². The molecule has 0 bridgehead atoms. The SMILES string of the molecule is CCC(CC)(CC)n1c(=S)[nH]c2ccc(C)nc21. The van der Waals surface area contributed by atoms with Gasteiger partial charge in [0.25, 0.3) is 0 Å². The zero-order chi connectivity index (χ0) is 13.3. The van der Waals surface area contributed by atoms with Crippen LogP contribution in [0.5, 0.6) is 0 Å². The number of rotatable bonds is 4. The van der Waals surface area contributed by atoms with Crippen molar-refractivity contribution in [2.24, 2.45) is 0 Å². The van der Waals surface area contributed by atoms with E-state index in [-0.39, 0.29) is 5.54 Å². The molecule has 0 atom stereocenters. The molecule has 98 valence electrons. The quantitative estimate of drug-likeness (QED) is 0.833. The van der Waals surface area contributed by atoms with Crippen molar-refractivity contribution >= 4 is 23.4 Å². The van der Waals surface area contributed by atoms with Crippen LogP contribution in [0.3, 0.4) is 0 Å². The second-order valence-electron chi connectivity index (χ2n) is 4.87. The topological polar surface area (TPSA) is 33.6 Å². The van der Waals surface area contributed by atoms with E-state index in [4.69, 9.17) is 12.2 Å². The Morgan fingerprint density at radius 1 is 1.22 bits per heavy atom. The van der Waals surface area contributed by atoms with E-state index in [9.17, 15) is 0 Å². The van der Waals surface area contributed by atoms with Crippen molar-refractivity contribution in [3.05, 3.63) is 22.6 Å². The Morgan fingerprint density at radius 2 is 1.83 bits per heavy atom. The van der Waals surface area contributed by atoms with Crippen molar-refractivity contribution in [2.45, 2.75) is 52.5 Å². The first-order valence-electron chi connectivity index (χ1n) is 6.66. The minimum absolute atomic E-state index is 0.0795. The minimum atomic E-state index is 0.0795. The highest BCUT2D eigenvalue weighted by molar-refractivity contribution is 7.71. The predicted octanol–water partition coefficient (Wildman–Crippen LogP) is 4.33. The van der Waals surface area contributed by atoms with Crippen LogP contribution in [0, 0.1) is 11.7 Å². The largest absolute Gasteiger partial charge is 0.329 e.